The second-order valence-corrected chi connectivity index (χ2v) is 7.66. The van der Waals surface area contributed by atoms with Crippen LogP contribution in [0.4, 0.5) is 5.82 Å². The number of hydrogen-bond acceptors (Lipinski definition) is 7. The molecule has 7 nitrogen and oxygen atoms in total. The minimum atomic E-state index is -0.609. The standard InChI is InChI=1S/C21H25N3O4S/c1-5-10-29-21-23-18-17(19(25)24-21)16(13-8-7-9-14(11-13)27-4)15(12(3)22-18)20(26)28-6-2/h7-9,11,16H,5-6,10H2,1-4H3,(H2,22,23,24,25). The minimum Gasteiger partial charge on any atom is -0.497 e. The number of ether oxygens (including phenoxy) is 2. The Labute approximate surface area is 173 Å². The zero-order chi connectivity index (χ0) is 21.0. The number of carbonyl (C=O) groups excluding carboxylic acids is 1. The molecule has 0 fully saturated rings. The molecule has 1 aliphatic heterocycles. The van der Waals surface area contributed by atoms with Crippen molar-refractivity contribution in [1.82, 2.24) is 9.97 Å². The average Bonchev–Trinajstić information content (AvgIpc) is 2.71. The van der Waals surface area contributed by atoms with Crippen molar-refractivity contribution in [3.05, 3.63) is 57.0 Å². The first kappa shape index (κ1) is 21.0. The van der Waals surface area contributed by atoms with E-state index in [1.807, 2.05) is 24.3 Å². The predicted octanol–water partition coefficient (Wildman–Crippen LogP) is 3.68. The summed E-state index contributed by atoms with van der Waals surface area (Å²) >= 11 is 1.49. The quantitative estimate of drug-likeness (QED) is 0.405. The van der Waals surface area contributed by atoms with Crippen LogP contribution in [-0.2, 0) is 9.53 Å². The van der Waals surface area contributed by atoms with Crippen molar-refractivity contribution in [2.24, 2.45) is 0 Å². The van der Waals surface area contributed by atoms with Crippen LogP contribution < -0.4 is 15.6 Å². The third-order valence-electron chi connectivity index (χ3n) is 4.59. The molecular formula is C21H25N3O4S. The van der Waals surface area contributed by atoms with Crippen molar-refractivity contribution >= 4 is 23.5 Å². The van der Waals surface area contributed by atoms with E-state index in [1.54, 1.807) is 21.0 Å². The summed E-state index contributed by atoms with van der Waals surface area (Å²) in [7, 11) is 1.58. The molecule has 1 aromatic carbocycles. The Morgan fingerprint density at radius 2 is 2.10 bits per heavy atom. The summed E-state index contributed by atoms with van der Waals surface area (Å²) in [5, 5.41) is 3.69. The molecular weight excluding hydrogens is 390 g/mol. The van der Waals surface area contributed by atoms with E-state index in [-0.39, 0.29) is 12.2 Å². The van der Waals surface area contributed by atoms with Gasteiger partial charge in [-0.1, -0.05) is 30.8 Å². The summed E-state index contributed by atoms with van der Waals surface area (Å²) in [5.74, 6) is 0.888. The Morgan fingerprint density at radius 1 is 1.31 bits per heavy atom. The number of allylic oxidation sites excluding steroid dienone is 1. The molecule has 0 aliphatic carbocycles. The molecule has 1 aromatic heterocycles. The number of carbonyl (C=O) groups is 1. The maximum Gasteiger partial charge on any atom is 0.336 e. The van der Waals surface area contributed by atoms with Crippen LogP contribution in [-0.4, -0.2) is 35.4 Å². The van der Waals surface area contributed by atoms with Crippen LogP contribution in [0.5, 0.6) is 5.75 Å². The van der Waals surface area contributed by atoms with E-state index in [0.717, 1.165) is 17.7 Å². The highest BCUT2D eigenvalue weighted by atomic mass is 32.2. The third-order valence-corrected chi connectivity index (χ3v) is 5.67. The fourth-order valence-electron chi connectivity index (χ4n) is 3.33. The Kier molecular flexibility index (Phi) is 6.64. The number of methoxy groups -OCH3 is 1. The fraction of sp³-hybridized carbons (Fsp3) is 0.381. The second-order valence-electron chi connectivity index (χ2n) is 6.58. The minimum absolute atomic E-state index is 0.245. The normalized spacial score (nSPS) is 15.5. The molecule has 1 atom stereocenters. The van der Waals surface area contributed by atoms with Crippen molar-refractivity contribution in [2.45, 2.75) is 38.3 Å². The molecule has 0 amide bonds. The third kappa shape index (κ3) is 4.32. The van der Waals surface area contributed by atoms with E-state index >= 15 is 0 Å². The monoisotopic (exact) mass is 415 g/mol. The molecule has 3 rings (SSSR count). The van der Waals surface area contributed by atoms with Crippen LogP contribution >= 0.6 is 11.8 Å². The molecule has 8 heteroatoms. The molecule has 0 bridgehead atoms. The van der Waals surface area contributed by atoms with Crippen LogP contribution in [0.3, 0.4) is 0 Å². The lowest BCUT2D eigenvalue weighted by Crippen LogP contribution is -2.31. The molecule has 2 aromatic rings. The van der Waals surface area contributed by atoms with Crippen LogP contribution in [0.2, 0.25) is 0 Å². The van der Waals surface area contributed by atoms with E-state index in [1.165, 1.54) is 11.8 Å². The van der Waals surface area contributed by atoms with Gasteiger partial charge in [-0.15, -0.1) is 0 Å². The van der Waals surface area contributed by atoms with Gasteiger partial charge in [0.1, 0.15) is 11.6 Å². The number of rotatable bonds is 7. The van der Waals surface area contributed by atoms with Gasteiger partial charge in [0.2, 0.25) is 0 Å². The highest BCUT2D eigenvalue weighted by Gasteiger charge is 2.36. The first-order valence-corrected chi connectivity index (χ1v) is 10.5. The number of hydrogen-bond donors (Lipinski definition) is 2. The molecule has 0 spiro atoms. The zero-order valence-electron chi connectivity index (χ0n) is 17.0. The second kappa shape index (κ2) is 9.17. The van der Waals surface area contributed by atoms with Crippen LogP contribution in [0, 0.1) is 0 Å². The van der Waals surface area contributed by atoms with E-state index in [4.69, 9.17) is 9.47 Å². The molecule has 1 aliphatic rings. The molecule has 1 unspecified atom stereocenters. The van der Waals surface area contributed by atoms with E-state index < -0.39 is 11.9 Å². The lowest BCUT2D eigenvalue weighted by Gasteiger charge is -2.29. The number of benzene rings is 1. The van der Waals surface area contributed by atoms with Gasteiger partial charge >= 0.3 is 5.97 Å². The van der Waals surface area contributed by atoms with Crippen LogP contribution in [0.15, 0.2) is 45.5 Å². The molecule has 2 heterocycles. The number of aromatic nitrogens is 2. The van der Waals surface area contributed by atoms with Crippen molar-refractivity contribution in [3.8, 4) is 5.75 Å². The largest absolute Gasteiger partial charge is 0.497 e. The van der Waals surface area contributed by atoms with Gasteiger partial charge in [0.05, 0.1) is 30.8 Å². The van der Waals surface area contributed by atoms with Gasteiger partial charge < -0.3 is 19.8 Å². The SMILES string of the molecule is CCCSc1nc2c(c(=O)[nH]1)C(c1cccc(OC)c1)C(C(=O)OCC)=C(C)N2. The number of nitrogens with one attached hydrogen (secondary N) is 2. The number of fused-ring (bicyclic) bond motifs is 1. The zero-order valence-corrected chi connectivity index (χ0v) is 17.8. The smallest absolute Gasteiger partial charge is 0.336 e. The van der Waals surface area contributed by atoms with Gasteiger partial charge in [-0.25, -0.2) is 9.78 Å². The molecule has 154 valence electrons. The molecule has 0 saturated heterocycles. The topological polar surface area (TPSA) is 93.3 Å². The first-order valence-electron chi connectivity index (χ1n) is 9.56. The van der Waals surface area contributed by atoms with Gasteiger partial charge in [0.25, 0.3) is 5.56 Å². The first-order chi connectivity index (χ1) is 14.0. The Bertz CT molecular complexity index is 1000. The summed E-state index contributed by atoms with van der Waals surface area (Å²) in [6.07, 6.45) is 0.970. The summed E-state index contributed by atoms with van der Waals surface area (Å²) < 4.78 is 10.6. The fourth-order valence-corrected chi connectivity index (χ4v) is 4.05. The summed E-state index contributed by atoms with van der Waals surface area (Å²) in [6, 6.07) is 7.35. The molecule has 0 radical (unpaired) electrons. The number of aromatic amines is 1. The van der Waals surface area contributed by atoms with E-state index in [0.29, 0.717) is 33.6 Å². The van der Waals surface area contributed by atoms with Crippen LogP contribution in [0.25, 0.3) is 0 Å². The number of thioether (sulfide) groups is 1. The summed E-state index contributed by atoms with van der Waals surface area (Å²) in [4.78, 5) is 33.3. The Morgan fingerprint density at radius 3 is 2.79 bits per heavy atom. The van der Waals surface area contributed by atoms with Gasteiger partial charge in [-0.05, 0) is 38.0 Å². The maximum absolute atomic E-state index is 13.1. The lowest BCUT2D eigenvalue weighted by atomic mass is 9.82. The van der Waals surface area contributed by atoms with Gasteiger partial charge in [-0.3, -0.25) is 4.79 Å². The number of anilines is 1. The highest BCUT2D eigenvalue weighted by Crippen LogP contribution is 2.40. The summed E-state index contributed by atoms with van der Waals surface area (Å²) in [5.41, 5.74) is 1.90. The Hall–Kier alpha value is -2.74. The van der Waals surface area contributed by atoms with Gasteiger partial charge in [0.15, 0.2) is 5.16 Å². The average molecular weight is 416 g/mol. The van der Waals surface area contributed by atoms with Crippen LogP contribution in [0.1, 0.15) is 44.2 Å². The van der Waals surface area contributed by atoms with Crippen molar-refractivity contribution in [2.75, 3.05) is 24.8 Å². The van der Waals surface area contributed by atoms with Crippen molar-refractivity contribution in [1.29, 1.82) is 0 Å². The van der Waals surface area contributed by atoms with Crippen molar-refractivity contribution in [3.63, 3.8) is 0 Å². The molecule has 2 N–H and O–H groups in total. The van der Waals surface area contributed by atoms with Gasteiger partial charge in [-0.2, -0.15) is 0 Å². The highest BCUT2D eigenvalue weighted by molar-refractivity contribution is 7.99. The molecule has 29 heavy (non-hydrogen) atoms. The Balaban J connectivity index is 2.20. The molecule has 0 saturated carbocycles. The maximum atomic E-state index is 13.1. The summed E-state index contributed by atoms with van der Waals surface area (Å²) in [6.45, 7) is 5.86. The van der Waals surface area contributed by atoms with E-state index in [2.05, 4.69) is 22.2 Å². The van der Waals surface area contributed by atoms with E-state index in [9.17, 15) is 9.59 Å². The van der Waals surface area contributed by atoms with Crippen molar-refractivity contribution < 1.29 is 14.3 Å². The predicted molar refractivity (Wildman–Crippen MR) is 114 cm³/mol. The lowest BCUT2D eigenvalue weighted by molar-refractivity contribution is -0.138. The van der Waals surface area contributed by atoms with Gasteiger partial charge in [0, 0.05) is 11.4 Å². The number of esters is 1. The number of H-pyrrole nitrogens is 1. The number of nitrogens with zero attached hydrogens (tertiary/aromatic N) is 1.